The molecule has 1 aromatic heterocycles. The van der Waals surface area contributed by atoms with E-state index in [4.69, 9.17) is 23.8 Å². The summed E-state index contributed by atoms with van der Waals surface area (Å²) in [4.78, 5) is 25.9. The van der Waals surface area contributed by atoms with Crippen LogP contribution in [0.4, 0.5) is 5.69 Å². The normalized spacial score (nSPS) is 17.8. The van der Waals surface area contributed by atoms with Crippen LogP contribution in [0.1, 0.15) is 6.42 Å². The molecule has 0 aliphatic carbocycles. The Kier molecular flexibility index (Phi) is 3.95. The monoisotopic (exact) mass is 337 g/mol. The van der Waals surface area contributed by atoms with Gasteiger partial charge in [0.1, 0.15) is 6.33 Å². The van der Waals surface area contributed by atoms with Crippen LogP contribution >= 0.6 is 23.8 Å². The van der Waals surface area contributed by atoms with Gasteiger partial charge in [-0.3, -0.25) is 20.1 Å². The SMILES string of the molecule is O=C(Nn1cn[nH]c1=S)[C@H]1CC(=O)N(c2cccc(Cl)c2)C1. The van der Waals surface area contributed by atoms with Crippen LogP contribution in [-0.2, 0) is 9.59 Å². The van der Waals surface area contributed by atoms with Crippen molar-refractivity contribution in [3.63, 3.8) is 0 Å². The van der Waals surface area contributed by atoms with E-state index in [1.807, 2.05) is 0 Å². The minimum absolute atomic E-state index is 0.113. The lowest BCUT2D eigenvalue weighted by molar-refractivity contribution is -0.123. The average Bonchev–Trinajstić information content (AvgIpc) is 3.06. The number of halogens is 1. The van der Waals surface area contributed by atoms with Gasteiger partial charge in [-0.05, 0) is 30.4 Å². The maximum atomic E-state index is 12.2. The topological polar surface area (TPSA) is 83.0 Å². The molecule has 22 heavy (non-hydrogen) atoms. The summed E-state index contributed by atoms with van der Waals surface area (Å²) in [6.45, 7) is 0.302. The fourth-order valence-corrected chi connectivity index (χ4v) is 2.64. The number of aromatic amines is 1. The van der Waals surface area contributed by atoms with E-state index in [0.717, 1.165) is 0 Å². The van der Waals surface area contributed by atoms with Crippen molar-refractivity contribution in [2.75, 3.05) is 16.9 Å². The molecule has 2 heterocycles. The highest BCUT2D eigenvalue weighted by Gasteiger charge is 2.35. The van der Waals surface area contributed by atoms with E-state index in [1.54, 1.807) is 29.2 Å². The summed E-state index contributed by atoms with van der Waals surface area (Å²) < 4.78 is 1.59. The van der Waals surface area contributed by atoms with Crippen LogP contribution in [0.3, 0.4) is 0 Å². The highest BCUT2D eigenvalue weighted by atomic mass is 35.5. The van der Waals surface area contributed by atoms with Gasteiger partial charge in [0.15, 0.2) is 0 Å². The summed E-state index contributed by atoms with van der Waals surface area (Å²) in [5.74, 6) is -0.850. The van der Waals surface area contributed by atoms with Gasteiger partial charge in [0.05, 0.1) is 5.92 Å². The van der Waals surface area contributed by atoms with Crippen LogP contribution in [0.5, 0.6) is 0 Å². The number of rotatable bonds is 3. The summed E-state index contributed by atoms with van der Waals surface area (Å²) in [6, 6.07) is 6.99. The van der Waals surface area contributed by atoms with Crippen molar-refractivity contribution in [1.29, 1.82) is 0 Å². The first-order valence-electron chi connectivity index (χ1n) is 6.53. The Hall–Kier alpha value is -2.19. The lowest BCUT2D eigenvalue weighted by Crippen LogP contribution is -2.31. The molecule has 1 aliphatic rings. The van der Waals surface area contributed by atoms with Crippen molar-refractivity contribution < 1.29 is 9.59 Å². The summed E-state index contributed by atoms with van der Waals surface area (Å²) in [5.41, 5.74) is 3.30. The number of H-pyrrole nitrogens is 1. The average molecular weight is 338 g/mol. The largest absolute Gasteiger partial charge is 0.312 e. The molecule has 1 fully saturated rings. The highest BCUT2D eigenvalue weighted by molar-refractivity contribution is 7.71. The molecule has 3 rings (SSSR count). The first-order chi connectivity index (χ1) is 10.5. The Bertz CT molecular complexity index is 786. The van der Waals surface area contributed by atoms with Crippen LogP contribution in [0, 0.1) is 10.7 Å². The smallest absolute Gasteiger partial charge is 0.244 e. The molecule has 2 N–H and O–H groups in total. The Morgan fingerprint density at radius 3 is 3.00 bits per heavy atom. The molecule has 1 saturated heterocycles. The van der Waals surface area contributed by atoms with Crippen molar-refractivity contribution in [2.45, 2.75) is 6.42 Å². The number of amides is 2. The second-order valence-corrected chi connectivity index (χ2v) is 5.72. The molecule has 1 aliphatic heterocycles. The Morgan fingerprint density at radius 2 is 2.32 bits per heavy atom. The van der Waals surface area contributed by atoms with Crippen LogP contribution in [0.15, 0.2) is 30.6 Å². The Balaban J connectivity index is 1.73. The molecule has 114 valence electrons. The minimum atomic E-state index is -0.455. The van der Waals surface area contributed by atoms with Gasteiger partial charge >= 0.3 is 0 Å². The number of hydrogen-bond donors (Lipinski definition) is 2. The van der Waals surface area contributed by atoms with Gasteiger partial charge in [0.2, 0.25) is 16.6 Å². The second-order valence-electron chi connectivity index (χ2n) is 4.89. The number of hydrogen-bond acceptors (Lipinski definition) is 4. The summed E-state index contributed by atoms with van der Waals surface area (Å²) >= 11 is 10.9. The van der Waals surface area contributed by atoms with Crippen molar-refractivity contribution >= 4 is 41.3 Å². The molecule has 2 amide bonds. The van der Waals surface area contributed by atoms with E-state index >= 15 is 0 Å². The molecule has 9 heteroatoms. The number of anilines is 1. The molecule has 1 atom stereocenters. The number of carbonyl (C=O) groups excluding carboxylic acids is 2. The zero-order valence-electron chi connectivity index (χ0n) is 11.3. The minimum Gasteiger partial charge on any atom is -0.312 e. The number of nitrogens with one attached hydrogen (secondary N) is 2. The van der Waals surface area contributed by atoms with Crippen LogP contribution < -0.4 is 10.3 Å². The third-order valence-electron chi connectivity index (χ3n) is 3.40. The summed E-state index contributed by atoms with van der Waals surface area (Å²) in [6.07, 6.45) is 1.51. The van der Waals surface area contributed by atoms with Crippen LogP contribution in [0.2, 0.25) is 5.02 Å². The third kappa shape index (κ3) is 2.88. The lowest BCUT2D eigenvalue weighted by atomic mass is 10.1. The van der Waals surface area contributed by atoms with Crippen molar-refractivity contribution in [3.8, 4) is 0 Å². The predicted molar refractivity (Wildman–Crippen MR) is 83.7 cm³/mol. The molecule has 0 bridgehead atoms. The van der Waals surface area contributed by atoms with Gasteiger partial charge in [-0.25, -0.2) is 4.68 Å². The van der Waals surface area contributed by atoms with Gasteiger partial charge < -0.3 is 4.90 Å². The number of aromatic nitrogens is 3. The van der Waals surface area contributed by atoms with E-state index < -0.39 is 5.92 Å². The molecule has 0 unspecified atom stereocenters. The van der Waals surface area contributed by atoms with E-state index in [-0.39, 0.29) is 23.0 Å². The Labute approximate surface area is 135 Å². The first-order valence-corrected chi connectivity index (χ1v) is 7.32. The highest BCUT2D eigenvalue weighted by Crippen LogP contribution is 2.27. The van der Waals surface area contributed by atoms with E-state index in [9.17, 15) is 9.59 Å². The maximum Gasteiger partial charge on any atom is 0.244 e. The van der Waals surface area contributed by atoms with E-state index in [2.05, 4.69) is 15.6 Å². The van der Waals surface area contributed by atoms with Gasteiger partial charge in [0.25, 0.3) is 0 Å². The summed E-state index contributed by atoms with van der Waals surface area (Å²) in [7, 11) is 0. The zero-order valence-corrected chi connectivity index (χ0v) is 12.9. The Morgan fingerprint density at radius 1 is 1.50 bits per heavy atom. The maximum absolute atomic E-state index is 12.2. The first kappa shape index (κ1) is 14.7. The number of carbonyl (C=O) groups is 2. The molecule has 2 aromatic rings. The molecule has 0 radical (unpaired) electrons. The molecular weight excluding hydrogens is 326 g/mol. The third-order valence-corrected chi connectivity index (χ3v) is 3.92. The van der Waals surface area contributed by atoms with E-state index in [1.165, 1.54) is 11.0 Å². The molecule has 0 spiro atoms. The van der Waals surface area contributed by atoms with Crippen LogP contribution in [0.25, 0.3) is 0 Å². The predicted octanol–water partition coefficient (Wildman–Crippen LogP) is 1.72. The van der Waals surface area contributed by atoms with Crippen molar-refractivity contribution in [2.24, 2.45) is 5.92 Å². The number of nitrogens with zero attached hydrogens (tertiary/aromatic N) is 3. The fraction of sp³-hybridized carbons (Fsp3) is 0.231. The lowest BCUT2D eigenvalue weighted by Gasteiger charge is -2.17. The quantitative estimate of drug-likeness (QED) is 0.835. The van der Waals surface area contributed by atoms with Crippen LogP contribution in [-0.4, -0.2) is 33.2 Å². The standard InChI is InChI=1S/C13H12ClN5O2S/c14-9-2-1-3-10(5-9)18-6-8(4-11(18)20)12(21)17-19-7-15-16-13(19)22/h1-3,5,7-8H,4,6H2,(H,16,22)(H,17,21)/t8-/m0/s1. The molecule has 0 saturated carbocycles. The summed E-state index contributed by atoms with van der Waals surface area (Å²) in [5, 5.41) is 6.80. The van der Waals surface area contributed by atoms with Gasteiger partial charge in [-0.1, -0.05) is 17.7 Å². The van der Waals surface area contributed by atoms with Gasteiger partial charge in [-0.2, -0.15) is 5.10 Å². The second kappa shape index (κ2) is 5.90. The van der Waals surface area contributed by atoms with Crippen molar-refractivity contribution in [1.82, 2.24) is 14.9 Å². The molecular formula is C13H12ClN5O2S. The zero-order chi connectivity index (χ0) is 15.7. The van der Waals surface area contributed by atoms with Crippen molar-refractivity contribution in [3.05, 3.63) is 40.4 Å². The fourth-order valence-electron chi connectivity index (χ4n) is 2.31. The number of benzene rings is 1. The molecule has 7 nitrogen and oxygen atoms in total. The van der Waals surface area contributed by atoms with E-state index in [0.29, 0.717) is 17.3 Å². The molecule has 1 aromatic carbocycles. The van der Waals surface area contributed by atoms with Gasteiger partial charge in [0, 0.05) is 23.7 Å². The van der Waals surface area contributed by atoms with Gasteiger partial charge in [-0.15, -0.1) is 0 Å².